The van der Waals surface area contributed by atoms with Gasteiger partial charge in [0.05, 0.1) is 0 Å². The van der Waals surface area contributed by atoms with E-state index in [1.54, 1.807) is 0 Å². The molecule has 0 aliphatic carbocycles. The van der Waals surface area contributed by atoms with Crippen molar-refractivity contribution < 1.29 is 28.7 Å². The van der Waals surface area contributed by atoms with E-state index in [0.717, 1.165) is 75.6 Å². The number of benzene rings is 2. The van der Waals surface area contributed by atoms with E-state index in [2.05, 4.69) is 26.6 Å². The molecule has 0 heterocycles. The molecule has 0 saturated heterocycles. The Kier molecular flexibility index (Phi) is 22.5. The minimum absolute atomic E-state index is 0.162. The monoisotopic (exact) mass is 709 g/mol. The Morgan fingerprint density at radius 1 is 0.510 bits per heavy atom. The van der Waals surface area contributed by atoms with Crippen molar-refractivity contribution in [2.24, 2.45) is 11.8 Å². The smallest absolute Gasteiger partial charge is 0.408 e. The van der Waals surface area contributed by atoms with Gasteiger partial charge in [-0.15, -0.1) is 0 Å². The van der Waals surface area contributed by atoms with E-state index >= 15 is 0 Å². The van der Waals surface area contributed by atoms with Crippen LogP contribution in [0.5, 0.6) is 0 Å². The van der Waals surface area contributed by atoms with Crippen LogP contribution in [0.4, 0.5) is 9.59 Å². The SMILES string of the molecule is CC(C)C[C@H](NC(=O)OCc1ccccc1)C(=O)NCCCCCCNCCCCCCNC(=O)[C@@H](CC(C)C)NC(=O)OCc1ccccc1. The zero-order chi connectivity index (χ0) is 37.1. The van der Waals surface area contributed by atoms with Crippen molar-refractivity contribution in [2.45, 2.75) is 117 Å². The molecule has 11 heteroatoms. The Balaban J connectivity index is 1.46. The van der Waals surface area contributed by atoms with Gasteiger partial charge in [-0.1, -0.05) is 114 Å². The predicted molar refractivity (Wildman–Crippen MR) is 202 cm³/mol. The summed E-state index contributed by atoms with van der Waals surface area (Å²) in [5.41, 5.74) is 1.79. The number of rotatable bonds is 26. The Bertz CT molecular complexity index is 1150. The second kappa shape index (κ2) is 26.7. The molecule has 2 aromatic carbocycles. The standard InChI is InChI=1S/C40H63N5O6/c1-31(2)27-35(44-39(48)50-29-33-19-11-9-12-20-33)37(46)42-25-17-7-5-15-23-41-24-16-6-8-18-26-43-38(47)36(28-32(3)4)45-40(49)51-30-34-21-13-10-14-22-34/h9-14,19-22,31-32,35-36,41H,5-8,15-18,23-30H2,1-4H3,(H,42,46)(H,43,47)(H,44,48)(H,45,49)/t35-,36+. The van der Waals surface area contributed by atoms with Gasteiger partial charge in [-0.05, 0) is 74.6 Å². The summed E-state index contributed by atoms with van der Waals surface area (Å²) in [6.45, 7) is 11.5. The molecule has 0 aliphatic rings. The molecule has 0 aromatic heterocycles. The molecule has 0 fully saturated rings. The number of unbranched alkanes of at least 4 members (excludes halogenated alkanes) is 6. The summed E-state index contributed by atoms with van der Waals surface area (Å²) in [5, 5.41) is 14.9. The molecule has 0 saturated carbocycles. The summed E-state index contributed by atoms with van der Waals surface area (Å²) in [5.74, 6) is 0.149. The number of nitrogens with one attached hydrogen (secondary N) is 5. The number of ether oxygens (including phenoxy) is 2. The van der Waals surface area contributed by atoms with Gasteiger partial charge in [0, 0.05) is 13.1 Å². The van der Waals surface area contributed by atoms with Crippen molar-refractivity contribution in [1.29, 1.82) is 0 Å². The highest BCUT2D eigenvalue weighted by atomic mass is 16.6. The van der Waals surface area contributed by atoms with Crippen LogP contribution in [0.3, 0.4) is 0 Å². The molecule has 5 N–H and O–H groups in total. The number of hydrogen-bond donors (Lipinski definition) is 5. The van der Waals surface area contributed by atoms with Crippen LogP contribution < -0.4 is 26.6 Å². The van der Waals surface area contributed by atoms with Gasteiger partial charge in [0.1, 0.15) is 25.3 Å². The highest BCUT2D eigenvalue weighted by Gasteiger charge is 2.23. The molecule has 0 bridgehead atoms. The molecular weight excluding hydrogens is 646 g/mol. The molecular formula is C40H63N5O6. The maximum Gasteiger partial charge on any atom is 0.408 e. The first-order valence-corrected chi connectivity index (χ1v) is 18.8. The van der Waals surface area contributed by atoms with Crippen LogP contribution in [0.25, 0.3) is 0 Å². The number of alkyl carbamates (subject to hydrolysis) is 2. The Hall–Kier alpha value is -4.12. The van der Waals surface area contributed by atoms with Gasteiger partial charge in [-0.3, -0.25) is 9.59 Å². The van der Waals surface area contributed by atoms with E-state index in [-0.39, 0.29) is 36.9 Å². The fraction of sp³-hybridized carbons (Fsp3) is 0.600. The second-order valence-corrected chi connectivity index (χ2v) is 13.9. The van der Waals surface area contributed by atoms with Crippen LogP contribution in [0.1, 0.15) is 103 Å². The van der Waals surface area contributed by atoms with Gasteiger partial charge < -0.3 is 36.1 Å². The van der Waals surface area contributed by atoms with Gasteiger partial charge in [-0.25, -0.2) is 9.59 Å². The van der Waals surface area contributed by atoms with Crippen LogP contribution in [0.15, 0.2) is 60.7 Å². The third-order valence-electron chi connectivity index (χ3n) is 8.22. The van der Waals surface area contributed by atoms with Crippen molar-refractivity contribution in [3.8, 4) is 0 Å². The van der Waals surface area contributed by atoms with Gasteiger partial charge >= 0.3 is 12.2 Å². The van der Waals surface area contributed by atoms with Crippen LogP contribution in [-0.2, 0) is 32.3 Å². The summed E-state index contributed by atoms with van der Waals surface area (Å²) in [6.07, 6.45) is 8.07. The third-order valence-corrected chi connectivity index (χ3v) is 8.22. The van der Waals surface area contributed by atoms with E-state index in [1.165, 1.54) is 0 Å². The summed E-state index contributed by atoms with van der Waals surface area (Å²) in [4.78, 5) is 50.1. The van der Waals surface area contributed by atoms with Crippen molar-refractivity contribution >= 4 is 24.0 Å². The second-order valence-electron chi connectivity index (χ2n) is 13.9. The lowest BCUT2D eigenvalue weighted by atomic mass is 10.0. The predicted octanol–water partition coefficient (Wildman–Crippen LogP) is 6.61. The van der Waals surface area contributed by atoms with E-state index in [4.69, 9.17) is 9.47 Å². The summed E-state index contributed by atoms with van der Waals surface area (Å²) < 4.78 is 10.6. The number of carbonyl (C=O) groups excluding carboxylic acids is 4. The largest absolute Gasteiger partial charge is 0.445 e. The minimum Gasteiger partial charge on any atom is -0.445 e. The quantitative estimate of drug-likeness (QED) is 0.0691. The lowest BCUT2D eigenvalue weighted by Crippen LogP contribution is -2.47. The van der Waals surface area contributed by atoms with Gasteiger partial charge in [-0.2, -0.15) is 0 Å². The Morgan fingerprint density at radius 2 is 0.863 bits per heavy atom. The molecule has 51 heavy (non-hydrogen) atoms. The molecule has 0 unspecified atom stereocenters. The summed E-state index contributed by atoms with van der Waals surface area (Å²) in [6, 6.07) is 17.7. The average molecular weight is 710 g/mol. The topological polar surface area (TPSA) is 147 Å². The molecule has 0 spiro atoms. The third kappa shape index (κ3) is 21.6. The van der Waals surface area contributed by atoms with E-state index in [0.29, 0.717) is 25.9 Å². The van der Waals surface area contributed by atoms with Crippen LogP contribution in [0.2, 0.25) is 0 Å². The van der Waals surface area contributed by atoms with Crippen LogP contribution in [-0.4, -0.2) is 62.3 Å². The zero-order valence-electron chi connectivity index (χ0n) is 31.3. The Morgan fingerprint density at radius 3 is 1.22 bits per heavy atom. The maximum atomic E-state index is 12.8. The van der Waals surface area contributed by atoms with Crippen molar-refractivity contribution in [1.82, 2.24) is 26.6 Å². The molecule has 0 aliphatic heterocycles. The Labute approximate surface area is 305 Å². The lowest BCUT2D eigenvalue weighted by Gasteiger charge is -2.20. The average Bonchev–Trinajstić information content (AvgIpc) is 3.11. The van der Waals surface area contributed by atoms with Crippen molar-refractivity contribution in [2.75, 3.05) is 26.2 Å². The first-order chi connectivity index (χ1) is 24.6. The van der Waals surface area contributed by atoms with Crippen molar-refractivity contribution in [3.05, 3.63) is 71.8 Å². The van der Waals surface area contributed by atoms with Gasteiger partial charge in [0.15, 0.2) is 0 Å². The normalized spacial score (nSPS) is 12.2. The van der Waals surface area contributed by atoms with Gasteiger partial charge in [0.25, 0.3) is 0 Å². The molecule has 0 radical (unpaired) electrons. The molecule has 2 aromatic rings. The van der Waals surface area contributed by atoms with E-state index < -0.39 is 24.3 Å². The summed E-state index contributed by atoms with van der Waals surface area (Å²) in [7, 11) is 0. The first kappa shape index (κ1) is 43.0. The lowest BCUT2D eigenvalue weighted by molar-refractivity contribution is -0.124. The number of hydrogen-bond acceptors (Lipinski definition) is 7. The van der Waals surface area contributed by atoms with E-state index in [9.17, 15) is 19.2 Å². The maximum absolute atomic E-state index is 12.8. The minimum atomic E-state index is -0.622. The highest BCUT2D eigenvalue weighted by Crippen LogP contribution is 2.09. The number of carbonyl (C=O) groups is 4. The molecule has 284 valence electrons. The molecule has 2 atom stereocenters. The van der Waals surface area contributed by atoms with Crippen LogP contribution >= 0.6 is 0 Å². The van der Waals surface area contributed by atoms with Crippen molar-refractivity contribution in [3.63, 3.8) is 0 Å². The molecule has 4 amide bonds. The molecule has 2 rings (SSSR count). The first-order valence-electron chi connectivity index (χ1n) is 18.8. The van der Waals surface area contributed by atoms with Crippen LogP contribution in [0, 0.1) is 11.8 Å². The highest BCUT2D eigenvalue weighted by molar-refractivity contribution is 5.86. The fourth-order valence-electron chi connectivity index (χ4n) is 5.47. The summed E-state index contributed by atoms with van der Waals surface area (Å²) >= 11 is 0. The molecule has 11 nitrogen and oxygen atoms in total. The van der Waals surface area contributed by atoms with Gasteiger partial charge in [0.2, 0.25) is 11.8 Å². The zero-order valence-corrected chi connectivity index (χ0v) is 31.3. The fourth-order valence-corrected chi connectivity index (χ4v) is 5.47. The number of amides is 4. The van der Waals surface area contributed by atoms with E-state index in [1.807, 2.05) is 88.4 Å².